The molecule has 1 unspecified atom stereocenters. The number of hydrogen-bond acceptors (Lipinski definition) is 4. The van der Waals surface area contributed by atoms with E-state index in [1.807, 2.05) is 0 Å². The Bertz CT molecular complexity index is 416. The van der Waals surface area contributed by atoms with Gasteiger partial charge in [0.1, 0.15) is 0 Å². The average Bonchev–Trinajstić information content (AvgIpc) is 2.29. The van der Waals surface area contributed by atoms with Gasteiger partial charge in [-0.1, -0.05) is 0 Å². The minimum absolute atomic E-state index is 0.0977. The molecule has 0 saturated carbocycles. The molecule has 0 aromatic carbocycles. The summed E-state index contributed by atoms with van der Waals surface area (Å²) in [6, 6.07) is 2.70. The SMILES string of the molecule is COCC(N)CCNC(=O)c1cc[nH]c(=O)c1. The van der Waals surface area contributed by atoms with E-state index < -0.39 is 0 Å². The molecule has 0 aliphatic heterocycles. The van der Waals surface area contributed by atoms with Gasteiger partial charge in [-0.3, -0.25) is 9.59 Å². The molecule has 94 valence electrons. The molecule has 1 aromatic heterocycles. The minimum atomic E-state index is -0.297. The van der Waals surface area contributed by atoms with E-state index in [4.69, 9.17) is 10.5 Å². The van der Waals surface area contributed by atoms with Gasteiger partial charge in [-0.2, -0.15) is 0 Å². The molecule has 0 aliphatic rings. The first-order valence-corrected chi connectivity index (χ1v) is 5.35. The monoisotopic (exact) mass is 239 g/mol. The van der Waals surface area contributed by atoms with Gasteiger partial charge < -0.3 is 20.8 Å². The summed E-state index contributed by atoms with van der Waals surface area (Å²) in [6.45, 7) is 0.914. The molecule has 0 bridgehead atoms. The lowest BCUT2D eigenvalue weighted by Gasteiger charge is -2.10. The number of rotatable bonds is 6. The highest BCUT2D eigenvalue weighted by atomic mass is 16.5. The zero-order chi connectivity index (χ0) is 12.7. The molecular formula is C11H17N3O3. The summed E-state index contributed by atoms with van der Waals surface area (Å²) in [4.78, 5) is 25.0. The van der Waals surface area contributed by atoms with Gasteiger partial charge in [-0.15, -0.1) is 0 Å². The van der Waals surface area contributed by atoms with Crippen LogP contribution in [0, 0.1) is 0 Å². The molecule has 6 nitrogen and oxygen atoms in total. The Morgan fingerprint density at radius 2 is 2.41 bits per heavy atom. The van der Waals surface area contributed by atoms with Crippen molar-refractivity contribution in [1.29, 1.82) is 0 Å². The molecule has 6 heteroatoms. The third-order valence-corrected chi connectivity index (χ3v) is 2.22. The van der Waals surface area contributed by atoms with E-state index in [1.54, 1.807) is 13.2 Å². The molecule has 1 heterocycles. The van der Waals surface area contributed by atoms with Crippen LogP contribution in [0.3, 0.4) is 0 Å². The van der Waals surface area contributed by atoms with Crippen molar-refractivity contribution in [3.05, 3.63) is 34.2 Å². The van der Waals surface area contributed by atoms with E-state index >= 15 is 0 Å². The molecule has 4 N–H and O–H groups in total. The first kappa shape index (κ1) is 13.4. The zero-order valence-corrected chi connectivity index (χ0v) is 9.73. The van der Waals surface area contributed by atoms with Crippen LogP contribution in [0.25, 0.3) is 0 Å². The molecular weight excluding hydrogens is 222 g/mol. The van der Waals surface area contributed by atoms with E-state index in [-0.39, 0.29) is 17.5 Å². The molecule has 1 aromatic rings. The average molecular weight is 239 g/mol. The van der Waals surface area contributed by atoms with Gasteiger partial charge in [-0.05, 0) is 12.5 Å². The van der Waals surface area contributed by atoms with Crippen LogP contribution in [0.5, 0.6) is 0 Å². The summed E-state index contributed by atoms with van der Waals surface area (Å²) in [5, 5.41) is 2.69. The Morgan fingerprint density at radius 3 is 3.06 bits per heavy atom. The highest BCUT2D eigenvalue weighted by Gasteiger charge is 2.06. The van der Waals surface area contributed by atoms with Crippen molar-refractivity contribution >= 4 is 5.91 Å². The predicted octanol–water partition coefficient (Wildman–Crippen LogP) is -0.531. The highest BCUT2D eigenvalue weighted by Crippen LogP contribution is 1.93. The predicted molar refractivity (Wildman–Crippen MR) is 63.9 cm³/mol. The molecule has 0 spiro atoms. The van der Waals surface area contributed by atoms with Crippen molar-refractivity contribution in [2.45, 2.75) is 12.5 Å². The van der Waals surface area contributed by atoms with Crippen molar-refractivity contribution in [2.24, 2.45) is 5.73 Å². The van der Waals surface area contributed by atoms with Crippen LogP contribution >= 0.6 is 0 Å². The van der Waals surface area contributed by atoms with Gasteiger partial charge in [0, 0.05) is 37.5 Å². The van der Waals surface area contributed by atoms with Gasteiger partial charge in [0.2, 0.25) is 5.56 Å². The fourth-order valence-corrected chi connectivity index (χ4v) is 1.36. The third kappa shape index (κ3) is 4.80. The second-order valence-electron chi connectivity index (χ2n) is 3.70. The molecule has 1 rings (SSSR count). The summed E-state index contributed by atoms with van der Waals surface area (Å²) in [5.41, 5.74) is 5.75. The van der Waals surface area contributed by atoms with Gasteiger partial charge in [-0.25, -0.2) is 0 Å². The van der Waals surface area contributed by atoms with Crippen LogP contribution in [0.1, 0.15) is 16.8 Å². The molecule has 0 aliphatic carbocycles. The number of aromatic amines is 1. The van der Waals surface area contributed by atoms with E-state index in [0.717, 1.165) is 0 Å². The lowest BCUT2D eigenvalue weighted by molar-refractivity contribution is 0.0950. The van der Waals surface area contributed by atoms with Crippen molar-refractivity contribution in [3.8, 4) is 0 Å². The van der Waals surface area contributed by atoms with Crippen LogP contribution in [0.15, 0.2) is 23.1 Å². The number of ether oxygens (including phenoxy) is 1. The van der Waals surface area contributed by atoms with Crippen LogP contribution < -0.4 is 16.6 Å². The van der Waals surface area contributed by atoms with Crippen molar-refractivity contribution in [2.75, 3.05) is 20.3 Å². The Hall–Kier alpha value is -1.66. The minimum Gasteiger partial charge on any atom is -0.383 e. The van der Waals surface area contributed by atoms with Gasteiger partial charge in [0.05, 0.1) is 6.61 Å². The second kappa shape index (κ2) is 6.82. The largest absolute Gasteiger partial charge is 0.383 e. The Morgan fingerprint density at radius 1 is 1.65 bits per heavy atom. The topological polar surface area (TPSA) is 97.2 Å². The number of aromatic nitrogens is 1. The summed E-state index contributed by atoms with van der Waals surface area (Å²) in [5.74, 6) is -0.277. The summed E-state index contributed by atoms with van der Waals surface area (Å²) >= 11 is 0. The first-order chi connectivity index (χ1) is 8.13. The van der Waals surface area contributed by atoms with Crippen LogP contribution in [-0.4, -0.2) is 37.2 Å². The Kier molecular flexibility index (Phi) is 5.38. The first-order valence-electron chi connectivity index (χ1n) is 5.35. The molecule has 17 heavy (non-hydrogen) atoms. The maximum absolute atomic E-state index is 11.6. The molecule has 1 amide bonds. The number of nitrogens with one attached hydrogen (secondary N) is 2. The van der Waals surface area contributed by atoms with Crippen molar-refractivity contribution in [3.63, 3.8) is 0 Å². The molecule has 0 radical (unpaired) electrons. The highest BCUT2D eigenvalue weighted by molar-refractivity contribution is 5.93. The zero-order valence-electron chi connectivity index (χ0n) is 9.73. The third-order valence-electron chi connectivity index (χ3n) is 2.22. The van der Waals surface area contributed by atoms with Crippen LogP contribution in [0.2, 0.25) is 0 Å². The van der Waals surface area contributed by atoms with E-state index in [1.165, 1.54) is 12.3 Å². The van der Waals surface area contributed by atoms with E-state index in [2.05, 4.69) is 10.3 Å². The van der Waals surface area contributed by atoms with Crippen molar-refractivity contribution < 1.29 is 9.53 Å². The standard InChI is InChI=1S/C11H17N3O3/c1-17-7-9(12)3-5-14-11(16)8-2-4-13-10(15)6-8/h2,4,6,9H,3,5,7,12H2,1H3,(H,13,15)(H,14,16). The second-order valence-corrected chi connectivity index (χ2v) is 3.70. The Labute approximate surface area is 99.2 Å². The van der Waals surface area contributed by atoms with Gasteiger partial charge in [0.25, 0.3) is 5.91 Å². The lowest BCUT2D eigenvalue weighted by Crippen LogP contribution is -2.33. The summed E-state index contributed by atoms with van der Waals surface area (Å²) in [6.07, 6.45) is 2.07. The van der Waals surface area contributed by atoms with E-state index in [9.17, 15) is 9.59 Å². The van der Waals surface area contributed by atoms with Crippen LogP contribution in [-0.2, 0) is 4.74 Å². The number of H-pyrrole nitrogens is 1. The van der Waals surface area contributed by atoms with Crippen LogP contribution in [0.4, 0.5) is 0 Å². The summed E-state index contributed by atoms with van der Waals surface area (Å²) in [7, 11) is 1.58. The number of carbonyl (C=O) groups is 1. The number of amides is 1. The maximum atomic E-state index is 11.6. The number of hydrogen-bond donors (Lipinski definition) is 3. The number of pyridine rings is 1. The van der Waals surface area contributed by atoms with E-state index in [0.29, 0.717) is 25.1 Å². The number of carbonyl (C=O) groups excluding carboxylic acids is 1. The quantitative estimate of drug-likeness (QED) is 0.621. The lowest BCUT2D eigenvalue weighted by atomic mass is 10.2. The fraction of sp³-hybridized carbons (Fsp3) is 0.455. The van der Waals surface area contributed by atoms with Gasteiger partial charge in [0.15, 0.2) is 0 Å². The molecule has 0 fully saturated rings. The normalized spacial score (nSPS) is 12.1. The smallest absolute Gasteiger partial charge is 0.251 e. The maximum Gasteiger partial charge on any atom is 0.251 e. The Balaban J connectivity index is 2.38. The molecule has 1 atom stereocenters. The summed E-state index contributed by atoms with van der Waals surface area (Å²) < 4.78 is 4.88. The number of nitrogens with two attached hydrogens (primary N) is 1. The molecule has 0 saturated heterocycles. The van der Waals surface area contributed by atoms with Gasteiger partial charge >= 0.3 is 0 Å². The number of methoxy groups -OCH3 is 1. The fourth-order valence-electron chi connectivity index (χ4n) is 1.36. The van der Waals surface area contributed by atoms with Crippen molar-refractivity contribution in [1.82, 2.24) is 10.3 Å².